The fourth-order valence-electron chi connectivity index (χ4n) is 2.32. The lowest BCUT2D eigenvalue weighted by atomic mass is 10.1. The summed E-state index contributed by atoms with van der Waals surface area (Å²) >= 11 is 0. The zero-order valence-electron chi connectivity index (χ0n) is 14.0. The highest BCUT2D eigenvalue weighted by molar-refractivity contribution is 5.77. The van der Waals surface area contributed by atoms with Crippen molar-refractivity contribution in [2.24, 2.45) is 0 Å². The highest BCUT2D eigenvalue weighted by atomic mass is 16.5. The third-order valence-corrected chi connectivity index (χ3v) is 3.63. The molecule has 25 heavy (non-hydrogen) atoms. The summed E-state index contributed by atoms with van der Waals surface area (Å²) in [5.74, 6) is 0.524. The molecule has 0 aliphatic carbocycles. The minimum absolute atomic E-state index is 0.00928. The molecule has 0 aliphatic rings. The van der Waals surface area contributed by atoms with Gasteiger partial charge in [-0.15, -0.1) is 0 Å². The molecule has 3 aromatic rings. The van der Waals surface area contributed by atoms with E-state index in [1.807, 2.05) is 55.5 Å². The topological polar surface area (TPSA) is 64.1 Å². The van der Waals surface area contributed by atoms with Crippen molar-refractivity contribution in [1.29, 1.82) is 0 Å². The molecule has 2 heterocycles. The number of pyridine rings is 2. The van der Waals surface area contributed by atoms with Gasteiger partial charge in [-0.2, -0.15) is 0 Å². The number of benzene rings is 1. The van der Waals surface area contributed by atoms with E-state index >= 15 is 0 Å². The van der Waals surface area contributed by atoms with Crippen LogP contribution in [-0.2, 0) is 11.3 Å². The first-order valence-electron chi connectivity index (χ1n) is 8.02. The normalized spacial score (nSPS) is 10.3. The summed E-state index contributed by atoms with van der Waals surface area (Å²) in [6.45, 7) is 2.39. The molecule has 126 valence electrons. The van der Waals surface area contributed by atoms with Gasteiger partial charge in [0.25, 0.3) is 5.91 Å². The molecule has 1 amide bonds. The number of carbonyl (C=O) groups excluding carboxylic acids is 1. The van der Waals surface area contributed by atoms with Crippen LogP contribution in [0.4, 0.5) is 0 Å². The number of aromatic nitrogens is 2. The Labute approximate surface area is 146 Å². The van der Waals surface area contributed by atoms with E-state index in [0.717, 1.165) is 22.4 Å². The third-order valence-electron chi connectivity index (χ3n) is 3.63. The van der Waals surface area contributed by atoms with E-state index in [0.29, 0.717) is 12.3 Å². The fourth-order valence-corrected chi connectivity index (χ4v) is 2.32. The Morgan fingerprint density at radius 3 is 2.76 bits per heavy atom. The molecular formula is C20H19N3O2. The summed E-state index contributed by atoms with van der Waals surface area (Å²) in [5, 5.41) is 2.83. The SMILES string of the molecule is Cc1cccc(OCC(=O)NCc2ccc(-c3cccnc3)nc2)c1. The first-order valence-corrected chi connectivity index (χ1v) is 8.02. The van der Waals surface area contributed by atoms with Gasteiger partial charge < -0.3 is 10.1 Å². The van der Waals surface area contributed by atoms with Crippen LogP contribution >= 0.6 is 0 Å². The lowest BCUT2D eigenvalue weighted by Crippen LogP contribution is -2.28. The van der Waals surface area contributed by atoms with Crippen molar-refractivity contribution in [2.45, 2.75) is 13.5 Å². The van der Waals surface area contributed by atoms with E-state index in [1.165, 1.54) is 0 Å². The van der Waals surface area contributed by atoms with Crippen molar-refractivity contribution in [1.82, 2.24) is 15.3 Å². The lowest BCUT2D eigenvalue weighted by molar-refractivity contribution is -0.123. The van der Waals surface area contributed by atoms with E-state index in [-0.39, 0.29) is 12.5 Å². The van der Waals surface area contributed by atoms with Gasteiger partial charge in [-0.05, 0) is 48.4 Å². The summed E-state index contributed by atoms with van der Waals surface area (Å²) in [5.41, 5.74) is 3.84. The molecule has 0 saturated carbocycles. The van der Waals surface area contributed by atoms with Gasteiger partial charge in [0.05, 0.1) is 5.69 Å². The van der Waals surface area contributed by atoms with E-state index in [4.69, 9.17) is 4.74 Å². The van der Waals surface area contributed by atoms with Crippen LogP contribution in [-0.4, -0.2) is 22.5 Å². The van der Waals surface area contributed by atoms with Crippen LogP contribution in [0.1, 0.15) is 11.1 Å². The predicted octanol–water partition coefficient (Wildman–Crippen LogP) is 3.15. The first kappa shape index (κ1) is 16.6. The van der Waals surface area contributed by atoms with Crippen LogP contribution < -0.4 is 10.1 Å². The van der Waals surface area contributed by atoms with Crippen LogP contribution in [0, 0.1) is 6.92 Å². The van der Waals surface area contributed by atoms with Gasteiger partial charge in [0.2, 0.25) is 0 Å². The third kappa shape index (κ3) is 4.88. The van der Waals surface area contributed by atoms with Crippen molar-refractivity contribution < 1.29 is 9.53 Å². The average molecular weight is 333 g/mol. The van der Waals surface area contributed by atoms with Gasteiger partial charge in [-0.25, -0.2) is 0 Å². The molecule has 2 aromatic heterocycles. The number of nitrogens with zero attached hydrogens (tertiary/aromatic N) is 2. The smallest absolute Gasteiger partial charge is 0.258 e. The number of amides is 1. The quantitative estimate of drug-likeness (QED) is 0.753. The van der Waals surface area contributed by atoms with Gasteiger partial charge in [0.15, 0.2) is 6.61 Å². The van der Waals surface area contributed by atoms with Gasteiger partial charge in [-0.1, -0.05) is 18.2 Å². The Morgan fingerprint density at radius 1 is 1.12 bits per heavy atom. The number of nitrogens with one attached hydrogen (secondary N) is 1. The van der Waals surface area contributed by atoms with Crippen LogP contribution in [0.25, 0.3) is 11.3 Å². The minimum Gasteiger partial charge on any atom is -0.484 e. The maximum Gasteiger partial charge on any atom is 0.258 e. The van der Waals surface area contributed by atoms with E-state index in [1.54, 1.807) is 18.6 Å². The number of aryl methyl sites for hydroxylation is 1. The highest BCUT2D eigenvalue weighted by Gasteiger charge is 2.04. The Balaban J connectivity index is 1.49. The summed E-state index contributed by atoms with van der Waals surface area (Å²) in [7, 11) is 0. The van der Waals surface area contributed by atoms with E-state index in [9.17, 15) is 4.79 Å². The van der Waals surface area contributed by atoms with Crippen LogP contribution in [0.3, 0.4) is 0 Å². The highest BCUT2D eigenvalue weighted by Crippen LogP contribution is 2.15. The predicted molar refractivity (Wildman–Crippen MR) is 96.0 cm³/mol. The van der Waals surface area contributed by atoms with Crippen molar-refractivity contribution in [3.05, 3.63) is 78.2 Å². The van der Waals surface area contributed by atoms with Crippen LogP contribution in [0.5, 0.6) is 5.75 Å². The van der Waals surface area contributed by atoms with Crippen LogP contribution in [0.15, 0.2) is 67.1 Å². The van der Waals surface area contributed by atoms with Crippen molar-refractivity contribution in [3.63, 3.8) is 0 Å². The Kier molecular flexibility index (Phi) is 5.36. The second-order valence-electron chi connectivity index (χ2n) is 5.68. The maximum absolute atomic E-state index is 11.9. The zero-order chi connectivity index (χ0) is 17.5. The molecule has 0 saturated heterocycles. The van der Waals surface area contributed by atoms with E-state index in [2.05, 4.69) is 15.3 Å². The Morgan fingerprint density at radius 2 is 2.04 bits per heavy atom. The molecule has 3 rings (SSSR count). The van der Waals surface area contributed by atoms with Gasteiger partial charge in [0.1, 0.15) is 5.75 Å². The average Bonchev–Trinajstić information content (AvgIpc) is 2.66. The zero-order valence-corrected chi connectivity index (χ0v) is 14.0. The van der Waals surface area contributed by atoms with Crippen molar-refractivity contribution in [2.75, 3.05) is 6.61 Å². The number of hydrogen-bond donors (Lipinski definition) is 1. The second-order valence-corrected chi connectivity index (χ2v) is 5.68. The first-order chi connectivity index (χ1) is 12.2. The Hall–Kier alpha value is -3.21. The van der Waals surface area contributed by atoms with Crippen LogP contribution in [0.2, 0.25) is 0 Å². The molecule has 1 aromatic carbocycles. The summed E-state index contributed by atoms with van der Waals surface area (Å²) in [4.78, 5) is 20.4. The van der Waals surface area contributed by atoms with Crippen molar-refractivity contribution in [3.8, 4) is 17.0 Å². The molecule has 0 fully saturated rings. The molecule has 0 radical (unpaired) electrons. The molecule has 0 atom stereocenters. The number of hydrogen-bond acceptors (Lipinski definition) is 4. The molecule has 5 heteroatoms. The minimum atomic E-state index is -0.169. The monoisotopic (exact) mass is 333 g/mol. The fraction of sp³-hybridized carbons (Fsp3) is 0.150. The molecule has 0 aliphatic heterocycles. The molecule has 0 unspecified atom stereocenters. The van der Waals surface area contributed by atoms with E-state index < -0.39 is 0 Å². The van der Waals surface area contributed by atoms with Gasteiger partial charge >= 0.3 is 0 Å². The van der Waals surface area contributed by atoms with Gasteiger partial charge in [-0.3, -0.25) is 14.8 Å². The Bertz CT molecular complexity index is 833. The molecule has 1 N–H and O–H groups in total. The molecular weight excluding hydrogens is 314 g/mol. The summed E-state index contributed by atoms with van der Waals surface area (Å²) in [6, 6.07) is 15.3. The molecule has 0 bridgehead atoms. The van der Waals surface area contributed by atoms with Gasteiger partial charge in [0, 0.05) is 30.7 Å². The second kappa shape index (κ2) is 8.06. The standard InChI is InChI=1S/C20H19N3O2/c1-15-4-2-6-18(10-15)25-14-20(24)23-12-16-7-8-19(22-11-16)17-5-3-9-21-13-17/h2-11,13H,12,14H2,1H3,(H,23,24). The summed E-state index contributed by atoms with van der Waals surface area (Å²) in [6.07, 6.45) is 5.25. The van der Waals surface area contributed by atoms with Crippen molar-refractivity contribution >= 4 is 5.91 Å². The largest absolute Gasteiger partial charge is 0.484 e. The molecule has 5 nitrogen and oxygen atoms in total. The number of rotatable bonds is 6. The molecule has 0 spiro atoms. The number of carbonyl (C=O) groups is 1. The summed E-state index contributed by atoms with van der Waals surface area (Å²) < 4.78 is 5.48. The lowest BCUT2D eigenvalue weighted by Gasteiger charge is -2.08. The number of ether oxygens (including phenoxy) is 1. The maximum atomic E-state index is 11.9.